The van der Waals surface area contributed by atoms with Gasteiger partial charge in [0, 0.05) is 30.4 Å². The molecule has 0 aromatic carbocycles. The van der Waals surface area contributed by atoms with E-state index in [4.69, 9.17) is 0 Å². The average Bonchev–Trinajstić information content (AvgIpc) is 2.45. The Morgan fingerprint density at radius 1 is 1.05 bits per heavy atom. The minimum absolute atomic E-state index is 0.186. The van der Waals surface area contributed by atoms with Gasteiger partial charge in [-0.05, 0) is 36.6 Å². The Morgan fingerprint density at radius 3 is 2.35 bits per heavy atom. The van der Waals surface area contributed by atoms with E-state index in [1.54, 1.807) is 24.5 Å². The van der Waals surface area contributed by atoms with E-state index in [2.05, 4.69) is 9.97 Å². The molecule has 0 aliphatic heterocycles. The van der Waals surface area contributed by atoms with Gasteiger partial charge in [0.25, 0.3) is 0 Å². The van der Waals surface area contributed by atoms with Gasteiger partial charge in [0.1, 0.15) is 0 Å². The van der Waals surface area contributed by atoms with Crippen LogP contribution < -0.4 is 0 Å². The number of pyridine rings is 2. The first kappa shape index (κ1) is 14.5. The van der Waals surface area contributed by atoms with Crippen LogP contribution in [0, 0.1) is 0 Å². The normalized spacial score (nSPS) is 13.2. The summed E-state index contributed by atoms with van der Waals surface area (Å²) in [6.45, 7) is 0. The Bertz CT molecular complexity index is 558. The van der Waals surface area contributed by atoms with Gasteiger partial charge < -0.3 is 5.11 Å². The average molecular weight is 282 g/mol. The molecule has 0 aliphatic carbocycles. The first-order valence-corrected chi connectivity index (χ1v) is 6.06. The first-order valence-electron chi connectivity index (χ1n) is 6.06. The Hall–Kier alpha value is -1.95. The molecule has 2 aromatic heterocycles. The van der Waals surface area contributed by atoms with Gasteiger partial charge in [0.05, 0.1) is 11.7 Å². The maximum atomic E-state index is 12.8. The number of alkyl halides is 3. The zero-order valence-electron chi connectivity index (χ0n) is 10.5. The summed E-state index contributed by atoms with van der Waals surface area (Å²) < 4.78 is 38.5. The molecule has 2 aromatic rings. The van der Waals surface area contributed by atoms with Crippen molar-refractivity contribution in [2.75, 3.05) is 0 Å². The van der Waals surface area contributed by atoms with Crippen molar-refractivity contribution in [2.45, 2.75) is 25.1 Å². The molecule has 6 heteroatoms. The molecule has 0 saturated heterocycles. The van der Waals surface area contributed by atoms with E-state index in [0.717, 1.165) is 24.0 Å². The van der Waals surface area contributed by atoms with Crippen LogP contribution in [0.1, 0.15) is 29.2 Å². The van der Waals surface area contributed by atoms with Crippen LogP contribution in [0.25, 0.3) is 0 Å². The van der Waals surface area contributed by atoms with E-state index >= 15 is 0 Å². The second-order valence-electron chi connectivity index (χ2n) is 4.37. The lowest BCUT2D eigenvalue weighted by molar-refractivity contribution is -0.139. The van der Waals surface area contributed by atoms with Gasteiger partial charge in [-0.2, -0.15) is 13.2 Å². The van der Waals surface area contributed by atoms with Crippen molar-refractivity contribution in [3.63, 3.8) is 0 Å². The summed E-state index contributed by atoms with van der Waals surface area (Å²) in [7, 11) is 0. The van der Waals surface area contributed by atoms with Crippen molar-refractivity contribution < 1.29 is 18.3 Å². The highest BCUT2D eigenvalue weighted by Gasteiger charge is 2.34. The summed E-state index contributed by atoms with van der Waals surface area (Å²) in [5.74, 6) is 0. The van der Waals surface area contributed by atoms with Crippen LogP contribution in [-0.2, 0) is 12.6 Å². The van der Waals surface area contributed by atoms with Crippen LogP contribution in [0.5, 0.6) is 0 Å². The molecule has 0 amide bonds. The quantitative estimate of drug-likeness (QED) is 0.937. The number of aromatic nitrogens is 2. The van der Waals surface area contributed by atoms with Crippen molar-refractivity contribution in [3.8, 4) is 0 Å². The molecule has 0 aliphatic rings. The maximum Gasteiger partial charge on any atom is 0.416 e. The molecule has 20 heavy (non-hydrogen) atoms. The topological polar surface area (TPSA) is 46.0 Å². The number of hydrogen-bond acceptors (Lipinski definition) is 3. The molecule has 106 valence electrons. The van der Waals surface area contributed by atoms with Gasteiger partial charge in [-0.3, -0.25) is 9.97 Å². The van der Waals surface area contributed by atoms with Gasteiger partial charge in [0.2, 0.25) is 0 Å². The molecule has 2 heterocycles. The highest BCUT2D eigenvalue weighted by atomic mass is 19.4. The van der Waals surface area contributed by atoms with Gasteiger partial charge in [-0.15, -0.1) is 0 Å². The largest absolute Gasteiger partial charge is 0.416 e. The molecule has 1 unspecified atom stereocenters. The Morgan fingerprint density at radius 2 is 1.70 bits per heavy atom. The summed E-state index contributed by atoms with van der Waals surface area (Å²) >= 11 is 0. The second kappa shape index (κ2) is 6.00. The number of aryl methyl sites for hydroxylation is 1. The third-order valence-corrected chi connectivity index (χ3v) is 2.97. The molecule has 0 saturated carbocycles. The minimum Gasteiger partial charge on any atom is -0.388 e. The summed E-state index contributed by atoms with van der Waals surface area (Å²) in [6.07, 6.45) is 0.320. The Balaban J connectivity index is 2.12. The molecule has 1 atom stereocenters. The molecule has 0 fully saturated rings. The molecule has 3 nitrogen and oxygen atoms in total. The van der Waals surface area contributed by atoms with E-state index in [1.165, 1.54) is 0 Å². The molecule has 0 spiro atoms. The van der Waals surface area contributed by atoms with E-state index in [0.29, 0.717) is 6.42 Å². The van der Waals surface area contributed by atoms with E-state index in [-0.39, 0.29) is 12.0 Å². The lowest BCUT2D eigenvalue weighted by Crippen LogP contribution is -2.13. The van der Waals surface area contributed by atoms with Crippen LogP contribution in [0.15, 0.2) is 43.0 Å². The molecular weight excluding hydrogens is 269 g/mol. The zero-order chi connectivity index (χ0) is 14.6. The number of aliphatic hydroxyl groups excluding tert-OH is 1. The second-order valence-corrected chi connectivity index (χ2v) is 4.37. The highest BCUT2D eigenvalue weighted by Crippen LogP contribution is 2.35. The zero-order valence-corrected chi connectivity index (χ0v) is 10.5. The van der Waals surface area contributed by atoms with Crippen molar-refractivity contribution in [1.82, 2.24) is 9.97 Å². The predicted molar refractivity (Wildman–Crippen MR) is 66.8 cm³/mol. The van der Waals surface area contributed by atoms with Crippen molar-refractivity contribution in [2.24, 2.45) is 0 Å². The molecular formula is C14H13F3N2O. The van der Waals surface area contributed by atoms with Gasteiger partial charge in [-0.1, -0.05) is 0 Å². The predicted octanol–water partition coefficient (Wildman–Crippen LogP) is 3.16. The van der Waals surface area contributed by atoms with Crippen LogP contribution in [0.3, 0.4) is 0 Å². The standard InChI is InChI=1S/C14H13F3N2O/c15-14(16,17)12-5-8-19-9-11(12)13(20)2-1-10-3-6-18-7-4-10/h3-9,13,20H,1-2H2. The summed E-state index contributed by atoms with van der Waals surface area (Å²) in [5.41, 5.74) is -0.111. The van der Waals surface area contributed by atoms with Crippen LogP contribution in [0.4, 0.5) is 13.2 Å². The number of aliphatic hydroxyl groups is 1. The number of nitrogens with zero attached hydrogens (tertiary/aromatic N) is 2. The monoisotopic (exact) mass is 282 g/mol. The SMILES string of the molecule is OC(CCc1ccncc1)c1cnccc1C(F)(F)F. The molecule has 1 N–H and O–H groups in total. The first-order chi connectivity index (χ1) is 9.48. The van der Waals surface area contributed by atoms with Gasteiger partial charge >= 0.3 is 6.18 Å². The lowest BCUT2D eigenvalue weighted by atomic mass is 9.99. The summed E-state index contributed by atoms with van der Waals surface area (Å²) in [5, 5.41) is 9.97. The third-order valence-electron chi connectivity index (χ3n) is 2.97. The molecule has 2 rings (SSSR count). The van der Waals surface area contributed by atoms with E-state index in [9.17, 15) is 18.3 Å². The van der Waals surface area contributed by atoms with Crippen LogP contribution >= 0.6 is 0 Å². The van der Waals surface area contributed by atoms with E-state index in [1.807, 2.05) is 0 Å². The van der Waals surface area contributed by atoms with Gasteiger partial charge in [0.15, 0.2) is 0 Å². The van der Waals surface area contributed by atoms with Crippen LogP contribution in [-0.4, -0.2) is 15.1 Å². The maximum absolute atomic E-state index is 12.8. The Labute approximate surface area is 114 Å². The van der Waals surface area contributed by atoms with Crippen molar-refractivity contribution in [1.29, 1.82) is 0 Å². The fourth-order valence-electron chi connectivity index (χ4n) is 1.94. The highest BCUT2D eigenvalue weighted by molar-refractivity contribution is 5.28. The summed E-state index contributed by atoms with van der Waals surface area (Å²) in [6, 6.07) is 4.41. The number of hydrogen-bond donors (Lipinski definition) is 1. The third kappa shape index (κ3) is 3.54. The van der Waals surface area contributed by atoms with Crippen molar-refractivity contribution >= 4 is 0 Å². The van der Waals surface area contributed by atoms with Gasteiger partial charge in [-0.25, -0.2) is 0 Å². The van der Waals surface area contributed by atoms with Crippen molar-refractivity contribution in [3.05, 3.63) is 59.7 Å². The lowest BCUT2D eigenvalue weighted by Gasteiger charge is -2.16. The number of rotatable bonds is 4. The van der Waals surface area contributed by atoms with Crippen LogP contribution in [0.2, 0.25) is 0 Å². The van der Waals surface area contributed by atoms with E-state index < -0.39 is 17.8 Å². The molecule has 0 bridgehead atoms. The Kier molecular flexibility index (Phi) is 4.34. The fraction of sp³-hybridized carbons (Fsp3) is 0.286. The summed E-state index contributed by atoms with van der Waals surface area (Å²) in [4.78, 5) is 7.52. The smallest absolute Gasteiger partial charge is 0.388 e. The number of halogens is 3. The molecule has 0 radical (unpaired) electrons. The minimum atomic E-state index is -4.49. The fourth-order valence-corrected chi connectivity index (χ4v) is 1.94.